The van der Waals surface area contributed by atoms with Gasteiger partial charge in [-0.05, 0) is 49.4 Å². The first kappa shape index (κ1) is 15.9. The molecule has 2 N–H and O–H groups in total. The van der Waals surface area contributed by atoms with Gasteiger partial charge in [-0.15, -0.1) is 0 Å². The quantitative estimate of drug-likeness (QED) is 0.648. The SMILES string of the molecule is COc1ccc(Cl)cc1/C(C)=N\Nc1ccc(C(=O)O)cc1. The van der Waals surface area contributed by atoms with Crippen LogP contribution in [0.5, 0.6) is 5.75 Å². The number of nitrogens with zero attached hydrogens (tertiary/aromatic N) is 1. The average molecular weight is 319 g/mol. The lowest BCUT2D eigenvalue weighted by atomic mass is 10.1. The first-order chi connectivity index (χ1) is 10.5. The van der Waals surface area contributed by atoms with Gasteiger partial charge >= 0.3 is 5.97 Å². The molecular weight excluding hydrogens is 304 g/mol. The summed E-state index contributed by atoms with van der Waals surface area (Å²) in [5.41, 5.74) is 5.26. The number of carboxylic acids is 1. The van der Waals surface area contributed by atoms with Crippen LogP contribution in [0, 0.1) is 0 Å². The van der Waals surface area contributed by atoms with E-state index >= 15 is 0 Å². The van der Waals surface area contributed by atoms with Crippen LogP contribution >= 0.6 is 11.6 Å². The molecule has 0 fully saturated rings. The van der Waals surface area contributed by atoms with E-state index in [0.717, 1.165) is 5.56 Å². The van der Waals surface area contributed by atoms with Gasteiger partial charge in [0.2, 0.25) is 0 Å². The van der Waals surface area contributed by atoms with Gasteiger partial charge in [0.1, 0.15) is 5.75 Å². The molecule has 2 aromatic rings. The monoisotopic (exact) mass is 318 g/mol. The molecule has 6 heteroatoms. The molecule has 0 amide bonds. The van der Waals surface area contributed by atoms with Crippen molar-refractivity contribution < 1.29 is 14.6 Å². The van der Waals surface area contributed by atoms with Crippen LogP contribution in [-0.4, -0.2) is 23.9 Å². The third-order valence-corrected chi connectivity index (χ3v) is 3.27. The molecule has 0 saturated heterocycles. The first-order valence-electron chi connectivity index (χ1n) is 6.49. The number of halogens is 1. The molecular formula is C16H15ClN2O3. The minimum Gasteiger partial charge on any atom is -0.496 e. The number of hydrazone groups is 1. The first-order valence-corrected chi connectivity index (χ1v) is 6.86. The summed E-state index contributed by atoms with van der Waals surface area (Å²) in [5.74, 6) is -0.288. The van der Waals surface area contributed by atoms with E-state index in [9.17, 15) is 4.79 Å². The van der Waals surface area contributed by atoms with Gasteiger partial charge in [-0.25, -0.2) is 4.79 Å². The van der Waals surface area contributed by atoms with E-state index in [1.54, 1.807) is 37.4 Å². The van der Waals surface area contributed by atoms with Crippen LogP contribution in [0.15, 0.2) is 47.6 Å². The van der Waals surface area contributed by atoms with Crippen molar-refractivity contribution in [1.29, 1.82) is 0 Å². The molecule has 5 nitrogen and oxygen atoms in total. The highest BCUT2D eigenvalue weighted by atomic mass is 35.5. The van der Waals surface area contributed by atoms with Crippen LogP contribution < -0.4 is 10.2 Å². The van der Waals surface area contributed by atoms with E-state index in [4.69, 9.17) is 21.4 Å². The molecule has 2 aromatic carbocycles. The summed E-state index contributed by atoms with van der Waals surface area (Å²) in [7, 11) is 1.58. The van der Waals surface area contributed by atoms with Crippen LogP contribution in [0.3, 0.4) is 0 Å². The molecule has 114 valence electrons. The van der Waals surface area contributed by atoms with E-state index in [1.165, 1.54) is 12.1 Å². The Labute approximate surface area is 133 Å². The molecule has 0 aromatic heterocycles. The molecule has 0 spiro atoms. The van der Waals surface area contributed by atoms with Crippen molar-refractivity contribution in [2.45, 2.75) is 6.92 Å². The number of carboxylic acid groups (broad SMARTS) is 1. The maximum absolute atomic E-state index is 10.8. The van der Waals surface area contributed by atoms with Crippen molar-refractivity contribution in [2.75, 3.05) is 12.5 Å². The van der Waals surface area contributed by atoms with E-state index in [0.29, 0.717) is 22.2 Å². The standard InChI is InChI=1S/C16H15ClN2O3/c1-10(14-9-12(17)5-8-15(14)22-2)18-19-13-6-3-11(4-7-13)16(20)21/h3-9,19H,1-2H3,(H,20,21)/b18-10-. The molecule has 0 unspecified atom stereocenters. The van der Waals surface area contributed by atoms with Gasteiger partial charge in [0, 0.05) is 10.6 Å². The second-order valence-corrected chi connectivity index (χ2v) is 4.97. The van der Waals surface area contributed by atoms with E-state index in [-0.39, 0.29) is 5.56 Å². The fourth-order valence-corrected chi connectivity index (χ4v) is 2.03. The third kappa shape index (κ3) is 3.77. The predicted octanol–water partition coefficient (Wildman–Crippen LogP) is 3.88. The predicted molar refractivity (Wildman–Crippen MR) is 87.2 cm³/mol. The fraction of sp³-hybridized carbons (Fsp3) is 0.125. The zero-order chi connectivity index (χ0) is 16.1. The minimum atomic E-state index is -0.963. The van der Waals surface area contributed by atoms with E-state index < -0.39 is 5.97 Å². The Kier molecular flexibility index (Phi) is 5.01. The van der Waals surface area contributed by atoms with Gasteiger partial charge in [-0.3, -0.25) is 5.43 Å². The highest BCUT2D eigenvalue weighted by molar-refractivity contribution is 6.31. The van der Waals surface area contributed by atoms with Crippen molar-refractivity contribution >= 4 is 29.0 Å². The lowest BCUT2D eigenvalue weighted by molar-refractivity contribution is 0.0697. The molecule has 0 aliphatic carbocycles. The topological polar surface area (TPSA) is 70.9 Å². The Morgan fingerprint density at radius 2 is 1.91 bits per heavy atom. The van der Waals surface area contributed by atoms with Crippen LogP contribution in [0.25, 0.3) is 0 Å². The molecule has 0 radical (unpaired) electrons. The highest BCUT2D eigenvalue weighted by Crippen LogP contribution is 2.23. The summed E-state index contributed by atoms with van der Waals surface area (Å²) < 4.78 is 5.28. The molecule has 0 heterocycles. The Hall–Kier alpha value is -2.53. The minimum absolute atomic E-state index is 0.225. The van der Waals surface area contributed by atoms with Crippen molar-refractivity contribution in [3.63, 3.8) is 0 Å². The number of ether oxygens (including phenoxy) is 1. The van der Waals surface area contributed by atoms with Crippen LogP contribution in [0.2, 0.25) is 5.02 Å². The van der Waals surface area contributed by atoms with Gasteiger partial charge in [-0.2, -0.15) is 5.10 Å². The number of hydrogen-bond acceptors (Lipinski definition) is 4. The van der Waals surface area contributed by atoms with Gasteiger partial charge in [0.05, 0.1) is 24.1 Å². The number of methoxy groups -OCH3 is 1. The van der Waals surface area contributed by atoms with E-state index in [2.05, 4.69) is 10.5 Å². The zero-order valence-corrected chi connectivity index (χ0v) is 12.9. The summed E-state index contributed by atoms with van der Waals surface area (Å²) in [6, 6.07) is 11.6. The van der Waals surface area contributed by atoms with Gasteiger partial charge < -0.3 is 9.84 Å². The molecule has 2 rings (SSSR count). The third-order valence-electron chi connectivity index (χ3n) is 3.04. The molecule has 0 aliphatic rings. The summed E-state index contributed by atoms with van der Waals surface area (Å²) in [6.07, 6.45) is 0. The number of anilines is 1. The number of carbonyl (C=O) groups is 1. The van der Waals surface area contributed by atoms with Crippen molar-refractivity contribution in [3.8, 4) is 5.75 Å². The number of aromatic carboxylic acids is 1. The maximum Gasteiger partial charge on any atom is 0.335 e. The second-order valence-electron chi connectivity index (χ2n) is 4.54. The van der Waals surface area contributed by atoms with Crippen LogP contribution in [0.1, 0.15) is 22.8 Å². The maximum atomic E-state index is 10.8. The number of nitrogens with one attached hydrogen (secondary N) is 1. The fourth-order valence-electron chi connectivity index (χ4n) is 1.86. The van der Waals surface area contributed by atoms with Crippen molar-refractivity contribution in [2.24, 2.45) is 5.10 Å². The lowest BCUT2D eigenvalue weighted by Crippen LogP contribution is -2.03. The van der Waals surface area contributed by atoms with E-state index in [1.807, 2.05) is 6.92 Å². The van der Waals surface area contributed by atoms with Gasteiger partial charge in [-0.1, -0.05) is 11.6 Å². The zero-order valence-electron chi connectivity index (χ0n) is 12.1. The number of benzene rings is 2. The summed E-state index contributed by atoms with van der Waals surface area (Å²) in [4.78, 5) is 10.8. The van der Waals surface area contributed by atoms with Crippen molar-refractivity contribution in [1.82, 2.24) is 0 Å². The molecule has 0 saturated carbocycles. The molecule has 0 bridgehead atoms. The normalized spacial score (nSPS) is 11.1. The Bertz CT molecular complexity index is 712. The Morgan fingerprint density at radius 3 is 2.50 bits per heavy atom. The summed E-state index contributed by atoms with van der Waals surface area (Å²) in [6.45, 7) is 1.83. The largest absolute Gasteiger partial charge is 0.496 e. The smallest absolute Gasteiger partial charge is 0.335 e. The summed E-state index contributed by atoms with van der Waals surface area (Å²) in [5, 5.41) is 13.7. The molecule has 22 heavy (non-hydrogen) atoms. The molecule has 0 atom stereocenters. The lowest BCUT2D eigenvalue weighted by Gasteiger charge is -2.09. The Morgan fingerprint density at radius 1 is 1.23 bits per heavy atom. The second kappa shape index (κ2) is 6.95. The summed E-state index contributed by atoms with van der Waals surface area (Å²) >= 11 is 6.00. The number of rotatable bonds is 5. The van der Waals surface area contributed by atoms with Crippen molar-refractivity contribution in [3.05, 3.63) is 58.6 Å². The average Bonchev–Trinajstić information content (AvgIpc) is 2.53. The van der Waals surface area contributed by atoms with Crippen LogP contribution in [-0.2, 0) is 0 Å². The van der Waals surface area contributed by atoms with Crippen LogP contribution in [0.4, 0.5) is 5.69 Å². The van der Waals surface area contributed by atoms with Gasteiger partial charge in [0.25, 0.3) is 0 Å². The molecule has 0 aliphatic heterocycles. The van der Waals surface area contributed by atoms with Gasteiger partial charge in [0.15, 0.2) is 0 Å². The Balaban J connectivity index is 2.19. The number of hydrogen-bond donors (Lipinski definition) is 2. The highest BCUT2D eigenvalue weighted by Gasteiger charge is 2.07.